The highest BCUT2D eigenvalue weighted by molar-refractivity contribution is 5.77. The molecule has 0 spiro atoms. The number of methoxy groups -OCH3 is 1. The van der Waals surface area contributed by atoms with Gasteiger partial charge in [-0.3, -0.25) is 4.79 Å². The van der Waals surface area contributed by atoms with Crippen molar-refractivity contribution in [2.45, 2.75) is 38.0 Å². The van der Waals surface area contributed by atoms with Crippen LogP contribution in [0.5, 0.6) is 0 Å². The van der Waals surface area contributed by atoms with E-state index in [2.05, 4.69) is 0 Å². The van der Waals surface area contributed by atoms with E-state index in [1.165, 1.54) is 7.11 Å². The van der Waals surface area contributed by atoms with Crippen molar-refractivity contribution < 1.29 is 18.3 Å². The van der Waals surface area contributed by atoms with E-state index in [-0.39, 0.29) is 5.97 Å². The van der Waals surface area contributed by atoms with Crippen LogP contribution in [-0.4, -0.2) is 19.0 Å². The normalized spacial score (nSPS) is 48.1. The lowest BCUT2D eigenvalue weighted by Gasteiger charge is -2.58. The molecular weight excluding hydrogens is 214 g/mol. The van der Waals surface area contributed by atoms with Crippen molar-refractivity contribution in [2.75, 3.05) is 7.11 Å². The van der Waals surface area contributed by atoms with Crippen LogP contribution in [0.15, 0.2) is 0 Å². The highest BCUT2D eigenvalue weighted by Gasteiger charge is 2.66. The maximum atomic E-state index is 13.9. The summed E-state index contributed by atoms with van der Waals surface area (Å²) in [4.78, 5) is 11.8. The van der Waals surface area contributed by atoms with Crippen molar-refractivity contribution in [3.8, 4) is 0 Å². The van der Waals surface area contributed by atoms with Gasteiger partial charge >= 0.3 is 5.97 Å². The number of carbonyl (C=O) groups excluding carboxylic acids is 1. The Hall–Kier alpha value is -0.670. The van der Waals surface area contributed by atoms with Gasteiger partial charge in [0.1, 0.15) is 0 Å². The Bertz CT molecular complexity index is 322. The summed E-state index contributed by atoms with van der Waals surface area (Å²) in [7, 11) is 1.36. The third-order valence-corrected chi connectivity index (χ3v) is 4.90. The lowest BCUT2D eigenvalue weighted by molar-refractivity contribution is -0.231. The average molecular weight is 230 g/mol. The van der Waals surface area contributed by atoms with E-state index in [0.717, 1.165) is 6.42 Å². The monoisotopic (exact) mass is 230 g/mol. The summed E-state index contributed by atoms with van der Waals surface area (Å²) in [6.07, 6.45) is 2.63. The van der Waals surface area contributed by atoms with Gasteiger partial charge in [-0.15, -0.1) is 0 Å². The number of carbonyl (C=O) groups is 1. The van der Waals surface area contributed by atoms with Crippen LogP contribution < -0.4 is 0 Å². The molecule has 4 aliphatic carbocycles. The molecule has 0 aromatic carbocycles. The predicted octanol–water partition coefficient (Wildman–Crippen LogP) is 2.62. The molecule has 0 heterocycles. The summed E-state index contributed by atoms with van der Waals surface area (Å²) in [5.41, 5.74) is -0.576. The molecule has 4 heteroatoms. The van der Waals surface area contributed by atoms with Gasteiger partial charge in [-0.05, 0) is 38.0 Å². The zero-order valence-corrected chi connectivity index (χ0v) is 9.34. The predicted molar refractivity (Wildman–Crippen MR) is 53.0 cm³/mol. The molecule has 0 radical (unpaired) electrons. The Morgan fingerprint density at radius 2 is 1.75 bits per heavy atom. The molecule has 2 nitrogen and oxygen atoms in total. The topological polar surface area (TPSA) is 26.3 Å². The zero-order chi connectivity index (χ0) is 11.6. The van der Waals surface area contributed by atoms with Crippen molar-refractivity contribution in [3.05, 3.63) is 0 Å². The van der Waals surface area contributed by atoms with E-state index < -0.39 is 23.2 Å². The largest absolute Gasteiger partial charge is 0.469 e. The second-order valence-electron chi connectivity index (χ2n) is 5.79. The third kappa shape index (κ3) is 1.13. The highest BCUT2D eigenvalue weighted by atomic mass is 19.3. The molecule has 16 heavy (non-hydrogen) atoms. The molecule has 4 fully saturated rings. The van der Waals surface area contributed by atoms with Gasteiger partial charge in [-0.2, -0.15) is 0 Å². The molecule has 0 saturated heterocycles. The summed E-state index contributed by atoms with van der Waals surface area (Å²) < 4.78 is 32.6. The highest BCUT2D eigenvalue weighted by Crippen LogP contribution is 2.65. The first-order valence-corrected chi connectivity index (χ1v) is 5.94. The van der Waals surface area contributed by atoms with Crippen LogP contribution in [-0.2, 0) is 9.53 Å². The van der Waals surface area contributed by atoms with E-state index in [0.29, 0.717) is 31.6 Å². The molecule has 2 atom stereocenters. The molecule has 4 rings (SSSR count). The van der Waals surface area contributed by atoms with Gasteiger partial charge in [0.15, 0.2) is 0 Å². The molecule has 4 saturated carbocycles. The van der Waals surface area contributed by atoms with E-state index in [9.17, 15) is 13.6 Å². The molecule has 0 amide bonds. The first-order chi connectivity index (χ1) is 7.48. The number of alkyl halides is 2. The SMILES string of the molecule is COC(=O)C12CC3C[C@@H](C1)C(F)(F)[C@@H](C3)C2. The van der Waals surface area contributed by atoms with Crippen LogP contribution >= 0.6 is 0 Å². The minimum absolute atomic E-state index is 0.262. The lowest BCUT2D eigenvalue weighted by Crippen LogP contribution is -2.59. The van der Waals surface area contributed by atoms with Gasteiger partial charge in [0, 0.05) is 11.8 Å². The van der Waals surface area contributed by atoms with E-state index in [4.69, 9.17) is 4.74 Å². The van der Waals surface area contributed by atoms with E-state index in [1.54, 1.807) is 0 Å². The number of hydrogen-bond acceptors (Lipinski definition) is 2. The fraction of sp³-hybridized carbons (Fsp3) is 0.917. The first-order valence-electron chi connectivity index (χ1n) is 5.94. The smallest absolute Gasteiger partial charge is 0.311 e. The van der Waals surface area contributed by atoms with Gasteiger partial charge in [0.05, 0.1) is 12.5 Å². The summed E-state index contributed by atoms with van der Waals surface area (Å²) in [5, 5.41) is 0. The van der Waals surface area contributed by atoms with Crippen molar-refractivity contribution in [1.82, 2.24) is 0 Å². The standard InChI is InChI=1S/C12H16F2O2/c1-16-10(15)11-4-7-2-8(5-11)12(13,14)9(3-7)6-11/h7-9H,2-6H2,1H3/t7?,8-,9-,11?/m0/s1. The molecule has 4 aliphatic rings. The van der Waals surface area contributed by atoms with Crippen LogP contribution in [0.2, 0.25) is 0 Å². The fourth-order valence-electron chi connectivity index (χ4n) is 4.37. The Morgan fingerprint density at radius 3 is 2.25 bits per heavy atom. The Kier molecular flexibility index (Phi) is 1.94. The molecule has 0 unspecified atom stereocenters. The minimum atomic E-state index is -2.55. The summed E-state index contributed by atoms with van der Waals surface area (Å²) in [6, 6.07) is 0. The third-order valence-electron chi connectivity index (χ3n) is 4.90. The van der Waals surface area contributed by atoms with Gasteiger partial charge < -0.3 is 4.74 Å². The molecule has 0 aromatic rings. The molecule has 0 aliphatic heterocycles. The Morgan fingerprint density at radius 1 is 1.19 bits per heavy atom. The molecule has 0 N–H and O–H groups in total. The minimum Gasteiger partial charge on any atom is -0.469 e. The fourth-order valence-corrected chi connectivity index (χ4v) is 4.37. The van der Waals surface area contributed by atoms with E-state index >= 15 is 0 Å². The number of hydrogen-bond donors (Lipinski definition) is 0. The maximum absolute atomic E-state index is 13.9. The van der Waals surface area contributed by atoms with Gasteiger partial charge in [-0.1, -0.05) is 0 Å². The quantitative estimate of drug-likeness (QED) is 0.647. The summed E-state index contributed by atoms with van der Waals surface area (Å²) in [6.45, 7) is 0. The van der Waals surface area contributed by atoms with Crippen LogP contribution in [0.4, 0.5) is 8.78 Å². The van der Waals surface area contributed by atoms with E-state index in [1.807, 2.05) is 0 Å². The average Bonchev–Trinajstić information content (AvgIpc) is 2.24. The van der Waals surface area contributed by atoms with Gasteiger partial charge in [-0.25, -0.2) is 8.78 Å². The number of halogens is 2. The Balaban J connectivity index is 1.96. The van der Waals surface area contributed by atoms with Crippen molar-refractivity contribution in [3.63, 3.8) is 0 Å². The van der Waals surface area contributed by atoms with Crippen molar-refractivity contribution in [2.24, 2.45) is 23.2 Å². The second-order valence-corrected chi connectivity index (χ2v) is 5.79. The molecule has 90 valence electrons. The van der Waals surface area contributed by atoms with Crippen LogP contribution in [0.3, 0.4) is 0 Å². The van der Waals surface area contributed by atoms with Crippen LogP contribution in [0, 0.1) is 23.2 Å². The lowest BCUT2D eigenvalue weighted by atomic mass is 9.48. The number of esters is 1. The van der Waals surface area contributed by atoms with Crippen LogP contribution in [0.1, 0.15) is 32.1 Å². The van der Waals surface area contributed by atoms with Crippen LogP contribution in [0.25, 0.3) is 0 Å². The summed E-state index contributed by atoms with van der Waals surface area (Å²) in [5.74, 6) is -3.66. The molecule has 0 aromatic heterocycles. The second kappa shape index (κ2) is 2.96. The van der Waals surface area contributed by atoms with Gasteiger partial charge in [0.2, 0.25) is 0 Å². The summed E-state index contributed by atoms with van der Waals surface area (Å²) >= 11 is 0. The molecular formula is C12H16F2O2. The number of ether oxygens (including phenoxy) is 1. The first kappa shape index (κ1) is 10.5. The number of rotatable bonds is 1. The molecule has 4 bridgehead atoms. The van der Waals surface area contributed by atoms with Crippen molar-refractivity contribution >= 4 is 5.97 Å². The van der Waals surface area contributed by atoms with Gasteiger partial charge in [0.25, 0.3) is 5.92 Å². The van der Waals surface area contributed by atoms with Crippen molar-refractivity contribution in [1.29, 1.82) is 0 Å². The Labute approximate surface area is 93.3 Å². The zero-order valence-electron chi connectivity index (χ0n) is 9.34. The maximum Gasteiger partial charge on any atom is 0.311 e.